The molecule has 51 heavy (non-hydrogen) atoms. The SMILES string of the molecule is c1ccc(-c2nc(-c3ccc4c(c3)oc3ccccc34)nc(-c3cccc4oc5c(-c6cccc7oc8ccccc8c67)cncc5c34)n2)cc1. The zero-order chi connectivity index (χ0) is 33.5. The van der Waals surface area contributed by atoms with Gasteiger partial charge in [0.25, 0.3) is 0 Å². The monoisotopic (exact) mass is 656 g/mol. The maximum Gasteiger partial charge on any atom is 0.164 e. The summed E-state index contributed by atoms with van der Waals surface area (Å²) in [5.41, 5.74) is 9.14. The number of para-hydroxylation sites is 2. The Bertz CT molecular complexity index is 3160. The van der Waals surface area contributed by atoms with E-state index < -0.39 is 0 Å². The molecular formula is C44H24N4O3. The first-order chi connectivity index (χ1) is 25.3. The van der Waals surface area contributed by atoms with Gasteiger partial charge in [-0.1, -0.05) is 97.1 Å². The first kappa shape index (κ1) is 27.8. The number of pyridine rings is 1. The Balaban J connectivity index is 1.14. The average Bonchev–Trinajstić information content (AvgIpc) is 3.89. The molecule has 0 saturated heterocycles. The van der Waals surface area contributed by atoms with Crippen molar-refractivity contribution in [1.29, 1.82) is 0 Å². The largest absolute Gasteiger partial charge is 0.456 e. The number of nitrogens with zero attached hydrogens (tertiary/aromatic N) is 4. The highest BCUT2D eigenvalue weighted by molar-refractivity contribution is 6.19. The summed E-state index contributed by atoms with van der Waals surface area (Å²) in [5, 5.41) is 5.95. The predicted molar refractivity (Wildman–Crippen MR) is 201 cm³/mol. The maximum absolute atomic E-state index is 6.69. The smallest absolute Gasteiger partial charge is 0.164 e. The molecule has 0 atom stereocenters. The van der Waals surface area contributed by atoms with Crippen LogP contribution in [0.25, 0.3) is 111 Å². The third kappa shape index (κ3) is 4.25. The van der Waals surface area contributed by atoms with Crippen molar-refractivity contribution in [3.05, 3.63) is 146 Å². The summed E-state index contributed by atoms with van der Waals surface area (Å²) in [6, 6.07) is 44.3. The molecule has 5 aromatic heterocycles. The van der Waals surface area contributed by atoms with Crippen molar-refractivity contribution in [2.45, 2.75) is 0 Å². The van der Waals surface area contributed by atoms with Crippen LogP contribution in [0.15, 0.2) is 159 Å². The second kappa shape index (κ2) is 10.7. The maximum atomic E-state index is 6.69. The molecule has 0 fully saturated rings. The molecular weight excluding hydrogens is 633 g/mol. The number of fused-ring (bicyclic) bond motifs is 9. The molecule has 0 saturated carbocycles. The molecule has 0 spiro atoms. The van der Waals surface area contributed by atoms with Gasteiger partial charge >= 0.3 is 0 Å². The zero-order valence-corrected chi connectivity index (χ0v) is 26.9. The summed E-state index contributed by atoms with van der Waals surface area (Å²) in [6.07, 6.45) is 3.72. The summed E-state index contributed by atoms with van der Waals surface area (Å²) < 4.78 is 19.1. The van der Waals surface area contributed by atoms with Gasteiger partial charge in [-0.05, 0) is 42.0 Å². The Labute approximate surface area is 289 Å². The lowest BCUT2D eigenvalue weighted by Crippen LogP contribution is -2.00. The summed E-state index contributed by atoms with van der Waals surface area (Å²) in [6.45, 7) is 0. The molecule has 11 rings (SSSR count). The molecule has 0 aliphatic carbocycles. The van der Waals surface area contributed by atoms with Crippen LogP contribution in [0.4, 0.5) is 0 Å². The van der Waals surface area contributed by atoms with E-state index in [-0.39, 0.29) is 0 Å². The molecule has 238 valence electrons. The second-order valence-electron chi connectivity index (χ2n) is 12.6. The number of hydrogen-bond acceptors (Lipinski definition) is 7. The van der Waals surface area contributed by atoms with Crippen molar-refractivity contribution >= 4 is 65.8 Å². The Morgan fingerprint density at radius 1 is 0.353 bits per heavy atom. The van der Waals surface area contributed by atoms with Crippen molar-refractivity contribution in [2.75, 3.05) is 0 Å². The molecule has 0 radical (unpaired) electrons. The van der Waals surface area contributed by atoms with Gasteiger partial charge in [-0.3, -0.25) is 4.98 Å². The van der Waals surface area contributed by atoms with Crippen LogP contribution in [-0.2, 0) is 0 Å². The van der Waals surface area contributed by atoms with Crippen molar-refractivity contribution in [1.82, 2.24) is 19.9 Å². The van der Waals surface area contributed by atoms with Crippen LogP contribution in [0.5, 0.6) is 0 Å². The fourth-order valence-corrected chi connectivity index (χ4v) is 7.32. The van der Waals surface area contributed by atoms with Gasteiger partial charge < -0.3 is 13.3 Å². The van der Waals surface area contributed by atoms with E-state index in [0.29, 0.717) is 23.1 Å². The van der Waals surface area contributed by atoms with Gasteiger partial charge in [-0.2, -0.15) is 0 Å². The van der Waals surface area contributed by atoms with Crippen LogP contribution >= 0.6 is 0 Å². The lowest BCUT2D eigenvalue weighted by molar-refractivity contribution is 0.668. The van der Waals surface area contributed by atoms with E-state index in [9.17, 15) is 0 Å². The summed E-state index contributed by atoms with van der Waals surface area (Å²) >= 11 is 0. The number of benzene rings is 6. The Morgan fingerprint density at radius 2 is 0.961 bits per heavy atom. The highest BCUT2D eigenvalue weighted by Gasteiger charge is 2.22. The first-order valence-corrected chi connectivity index (χ1v) is 16.7. The van der Waals surface area contributed by atoms with Gasteiger partial charge in [0.15, 0.2) is 17.5 Å². The Kier molecular flexibility index (Phi) is 5.83. The molecule has 6 aromatic carbocycles. The van der Waals surface area contributed by atoms with E-state index in [0.717, 1.165) is 88.0 Å². The molecule has 7 heteroatoms. The van der Waals surface area contributed by atoms with Gasteiger partial charge in [0, 0.05) is 67.0 Å². The fraction of sp³-hybridized carbons (Fsp3) is 0. The first-order valence-electron chi connectivity index (χ1n) is 16.7. The van der Waals surface area contributed by atoms with Crippen LogP contribution in [0.1, 0.15) is 0 Å². The van der Waals surface area contributed by atoms with Gasteiger partial charge in [0.1, 0.15) is 33.5 Å². The summed E-state index contributed by atoms with van der Waals surface area (Å²) in [4.78, 5) is 19.9. The highest BCUT2D eigenvalue weighted by Crippen LogP contribution is 2.43. The standard InChI is InChI=1S/C44H24N4O3/c1-2-10-25(11-3-1)42-46-43(26-20-21-28-27-12-4-6-16-34(27)50-38(28)22-26)48-44(47-42)31-15-9-19-37-40(31)33-24-45-23-32(41(33)51-37)29-14-8-18-36-39(29)30-13-5-7-17-35(30)49-36/h1-24H. The van der Waals surface area contributed by atoms with Crippen molar-refractivity contribution in [2.24, 2.45) is 0 Å². The average molecular weight is 657 g/mol. The van der Waals surface area contributed by atoms with Gasteiger partial charge in [0.05, 0.1) is 0 Å². The topological polar surface area (TPSA) is 91.0 Å². The van der Waals surface area contributed by atoms with Gasteiger partial charge in [-0.25, -0.2) is 15.0 Å². The minimum Gasteiger partial charge on any atom is -0.456 e. The second-order valence-corrected chi connectivity index (χ2v) is 12.6. The zero-order valence-electron chi connectivity index (χ0n) is 26.9. The van der Waals surface area contributed by atoms with E-state index in [1.807, 2.05) is 122 Å². The predicted octanol–water partition coefficient (Wildman–Crippen LogP) is 11.6. The highest BCUT2D eigenvalue weighted by atomic mass is 16.3. The molecule has 11 aromatic rings. The third-order valence-electron chi connectivity index (χ3n) is 9.64. The molecule has 7 nitrogen and oxygen atoms in total. The summed E-state index contributed by atoms with van der Waals surface area (Å²) in [5.74, 6) is 1.65. The van der Waals surface area contributed by atoms with E-state index >= 15 is 0 Å². The van der Waals surface area contributed by atoms with Crippen LogP contribution in [0.3, 0.4) is 0 Å². The molecule has 0 aliphatic heterocycles. The quantitative estimate of drug-likeness (QED) is 0.186. The molecule has 0 N–H and O–H groups in total. The number of rotatable bonds is 4. The minimum absolute atomic E-state index is 0.533. The van der Waals surface area contributed by atoms with E-state index in [2.05, 4.69) is 24.3 Å². The van der Waals surface area contributed by atoms with Crippen LogP contribution in [0.2, 0.25) is 0 Å². The normalized spacial score (nSPS) is 11.9. The van der Waals surface area contributed by atoms with Gasteiger partial charge in [-0.15, -0.1) is 0 Å². The van der Waals surface area contributed by atoms with Crippen LogP contribution in [-0.4, -0.2) is 19.9 Å². The van der Waals surface area contributed by atoms with Crippen molar-refractivity contribution in [3.8, 4) is 45.3 Å². The van der Waals surface area contributed by atoms with Crippen molar-refractivity contribution in [3.63, 3.8) is 0 Å². The number of aromatic nitrogens is 4. The molecule has 0 aliphatic rings. The Hall–Kier alpha value is -7.12. The fourth-order valence-electron chi connectivity index (χ4n) is 7.32. The Morgan fingerprint density at radius 3 is 1.80 bits per heavy atom. The summed E-state index contributed by atoms with van der Waals surface area (Å²) in [7, 11) is 0. The lowest BCUT2D eigenvalue weighted by atomic mass is 9.98. The number of hydrogen-bond donors (Lipinski definition) is 0. The van der Waals surface area contributed by atoms with Crippen LogP contribution < -0.4 is 0 Å². The minimum atomic E-state index is 0.533. The molecule has 5 heterocycles. The number of furan rings is 3. The van der Waals surface area contributed by atoms with E-state index in [1.165, 1.54) is 0 Å². The third-order valence-corrected chi connectivity index (χ3v) is 9.64. The lowest BCUT2D eigenvalue weighted by Gasteiger charge is -2.09. The molecule has 0 amide bonds. The molecule has 0 unspecified atom stereocenters. The van der Waals surface area contributed by atoms with E-state index in [1.54, 1.807) is 0 Å². The molecule has 0 bridgehead atoms. The van der Waals surface area contributed by atoms with E-state index in [4.69, 9.17) is 33.2 Å². The van der Waals surface area contributed by atoms with Gasteiger partial charge in [0.2, 0.25) is 0 Å². The van der Waals surface area contributed by atoms with Crippen LogP contribution in [0, 0.1) is 0 Å². The van der Waals surface area contributed by atoms with Crippen molar-refractivity contribution < 1.29 is 13.3 Å².